The molecular formula is C19H20FNO4. The molecule has 0 bridgehead atoms. The lowest BCUT2D eigenvalue weighted by Gasteiger charge is -2.26. The molecular weight excluding hydrogens is 325 g/mol. The van der Waals surface area contributed by atoms with Gasteiger partial charge in [-0.15, -0.1) is 0 Å². The molecule has 1 amide bonds. The van der Waals surface area contributed by atoms with E-state index in [1.165, 1.54) is 12.1 Å². The zero-order valence-electron chi connectivity index (χ0n) is 14.3. The number of ether oxygens (including phenoxy) is 1. The molecule has 6 heteroatoms. The van der Waals surface area contributed by atoms with Crippen molar-refractivity contribution < 1.29 is 23.8 Å². The van der Waals surface area contributed by atoms with Gasteiger partial charge in [0.05, 0.1) is 18.2 Å². The monoisotopic (exact) mass is 345 g/mol. The summed E-state index contributed by atoms with van der Waals surface area (Å²) in [5.74, 6) is -1.95. The van der Waals surface area contributed by atoms with Gasteiger partial charge in [0.1, 0.15) is 11.6 Å². The summed E-state index contributed by atoms with van der Waals surface area (Å²) in [6, 6.07) is 10.7. The van der Waals surface area contributed by atoms with Crippen LogP contribution in [0.25, 0.3) is 0 Å². The van der Waals surface area contributed by atoms with Crippen LogP contribution in [-0.2, 0) is 5.41 Å². The van der Waals surface area contributed by atoms with Crippen molar-refractivity contribution in [1.29, 1.82) is 0 Å². The number of hydrogen-bond donors (Lipinski definition) is 2. The highest BCUT2D eigenvalue weighted by Crippen LogP contribution is 2.24. The van der Waals surface area contributed by atoms with E-state index in [0.717, 1.165) is 17.4 Å². The van der Waals surface area contributed by atoms with E-state index < -0.39 is 17.7 Å². The minimum atomic E-state index is -1.24. The maximum Gasteiger partial charge on any atom is 0.335 e. The molecule has 2 aromatic carbocycles. The highest BCUT2D eigenvalue weighted by atomic mass is 19.1. The van der Waals surface area contributed by atoms with Gasteiger partial charge in [-0.2, -0.15) is 0 Å². The number of carboxylic acids is 1. The number of carbonyl (C=O) groups is 2. The SMILES string of the molecule is COc1ccc(C(C)(C)CNC(=O)c2ccc(C(=O)O)cc2F)cc1. The zero-order valence-corrected chi connectivity index (χ0v) is 14.3. The molecule has 0 aliphatic heterocycles. The number of amides is 1. The molecule has 0 radical (unpaired) electrons. The number of halogens is 1. The van der Waals surface area contributed by atoms with Crippen molar-refractivity contribution in [2.75, 3.05) is 13.7 Å². The van der Waals surface area contributed by atoms with Gasteiger partial charge in [-0.05, 0) is 35.9 Å². The lowest BCUT2D eigenvalue weighted by atomic mass is 9.84. The fourth-order valence-electron chi connectivity index (χ4n) is 2.37. The van der Waals surface area contributed by atoms with Crippen molar-refractivity contribution in [2.24, 2.45) is 0 Å². The Bertz CT molecular complexity index is 785. The van der Waals surface area contributed by atoms with Crippen LogP contribution < -0.4 is 10.1 Å². The standard InChI is InChI=1S/C19H20FNO4/c1-19(2,13-5-7-14(25-3)8-6-13)11-21-17(22)15-9-4-12(18(23)24)10-16(15)20/h4-10H,11H2,1-3H3,(H,21,22)(H,23,24). The third kappa shape index (κ3) is 4.35. The maximum absolute atomic E-state index is 13.9. The molecule has 0 heterocycles. The predicted molar refractivity (Wildman–Crippen MR) is 91.7 cm³/mol. The molecule has 25 heavy (non-hydrogen) atoms. The Morgan fingerprint density at radius 3 is 2.32 bits per heavy atom. The van der Waals surface area contributed by atoms with Crippen molar-refractivity contribution in [3.8, 4) is 5.75 Å². The minimum absolute atomic E-state index is 0.185. The van der Waals surface area contributed by atoms with Crippen LogP contribution in [0.5, 0.6) is 5.75 Å². The average molecular weight is 345 g/mol. The van der Waals surface area contributed by atoms with Crippen molar-refractivity contribution in [3.63, 3.8) is 0 Å². The molecule has 0 fully saturated rings. The number of benzene rings is 2. The van der Waals surface area contributed by atoms with E-state index in [1.54, 1.807) is 7.11 Å². The first-order chi connectivity index (χ1) is 11.7. The van der Waals surface area contributed by atoms with Crippen LogP contribution in [0.15, 0.2) is 42.5 Å². The summed E-state index contributed by atoms with van der Waals surface area (Å²) >= 11 is 0. The molecule has 0 saturated carbocycles. The van der Waals surface area contributed by atoms with Crippen LogP contribution in [0, 0.1) is 5.82 Å². The Kier molecular flexibility index (Phi) is 5.41. The lowest BCUT2D eigenvalue weighted by molar-refractivity contribution is 0.0695. The predicted octanol–water partition coefficient (Wildman–Crippen LogP) is 3.24. The third-order valence-corrected chi connectivity index (χ3v) is 4.02. The Hall–Kier alpha value is -2.89. The molecule has 0 atom stereocenters. The molecule has 0 unspecified atom stereocenters. The van der Waals surface area contributed by atoms with E-state index in [9.17, 15) is 14.0 Å². The third-order valence-electron chi connectivity index (χ3n) is 4.02. The summed E-state index contributed by atoms with van der Waals surface area (Å²) in [4.78, 5) is 23.0. The van der Waals surface area contributed by atoms with Crippen molar-refractivity contribution in [1.82, 2.24) is 5.32 Å². The maximum atomic E-state index is 13.9. The van der Waals surface area contributed by atoms with Gasteiger partial charge < -0.3 is 15.2 Å². The lowest BCUT2D eigenvalue weighted by Crippen LogP contribution is -2.37. The Balaban J connectivity index is 2.08. The van der Waals surface area contributed by atoms with E-state index in [-0.39, 0.29) is 23.1 Å². The van der Waals surface area contributed by atoms with Crippen LogP contribution in [0.2, 0.25) is 0 Å². The fourth-order valence-corrected chi connectivity index (χ4v) is 2.37. The van der Waals surface area contributed by atoms with E-state index in [1.807, 2.05) is 38.1 Å². The Morgan fingerprint density at radius 1 is 1.16 bits per heavy atom. The van der Waals surface area contributed by atoms with Crippen LogP contribution in [-0.4, -0.2) is 30.6 Å². The number of rotatable bonds is 6. The molecule has 2 rings (SSSR count). The summed E-state index contributed by atoms with van der Waals surface area (Å²) in [5, 5.41) is 11.5. The average Bonchev–Trinajstić information content (AvgIpc) is 2.59. The summed E-state index contributed by atoms with van der Waals surface area (Å²) < 4.78 is 19.1. The summed E-state index contributed by atoms with van der Waals surface area (Å²) in [6.45, 7) is 4.20. The number of methoxy groups -OCH3 is 1. The smallest absolute Gasteiger partial charge is 0.335 e. The quantitative estimate of drug-likeness (QED) is 0.843. The molecule has 0 aliphatic rings. The second-order valence-corrected chi connectivity index (χ2v) is 6.29. The first-order valence-electron chi connectivity index (χ1n) is 7.70. The van der Waals surface area contributed by atoms with E-state index in [0.29, 0.717) is 0 Å². The van der Waals surface area contributed by atoms with Crippen molar-refractivity contribution in [2.45, 2.75) is 19.3 Å². The van der Waals surface area contributed by atoms with Gasteiger partial charge in [-0.1, -0.05) is 26.0 Å². The van der Waals surface area contributed by atoms with Gasteiger partial charge in [0.2, 0.25) is 0 Å². The number of hydrogen-bond acceptors (Lipinski definition) is 3. The van der Waals surface area contributed by atoms with E-state index >= 15 is 0 Å². The van der Waals surface area contributed by atoms with Crippen LogP contribution in [0.1, 0.15) is 40.1 Å². The van der Waals surface area contributed by atoms with Crippen molar-refractivity contribution in [3.05, 3.63) is 65.0 Å². The largest absolute Gasteiger partial charge is 0.497 e. The van der Waals surface area contributed by atoms with Gasteiger partial charge in [-0.3, -0.25) is 4.79 Å². The topological polar surface area (TPSA) is 75.6 Å². The van der Waals surface area contributed by atoms with Gasteiger partial charge in [-0.25, -0.2) is 9.18 Å². The number of carboxylic acid groups (broad SMARTS) is 1. The molecule has 132 valence electrons. The summed E-state index contributed by atoms with van der Waals surface area (Å²) in [6.07, 6.45) is 0. The van der Waals surface area contributed by atoms with Crippen LogP contribution in [0.3, 0.4) is 0 Å². The highest BCUT2D eigenvalue weighted by molar-refractivity contribution is 5.96. The highest BCUT2D eigenvalue weighted by Gasteiger charge is 2.23. The second-order valence-electron chi connectivity index (χ2n) is 6.29. The first-order valence-corrected chi connectivity index (χ1v) is 7.70. The number of aromatic carboxylic acids is 1. The van der Waals surface area contributed by atoms with Crippen molar-refractivity contribution >= 4 is 11.9 Å². The molecule has 0 saturated heterocycles. The normalized spacial score (nSPS) is 11.0. The molecule has 0 aromatic heterocycles. The molecule has 2 aromatic rings. The first kappa shape index (κ1) is 18.4. The number of carbonyl (C=O) groups excluding carboxylic acids is 1. The van der Waals surface area contributed by atoms with E-state index in [2.05, 4.69) is 5.32 Å². The van der Waals surface area contributed by atoms with Gasteiger partial charge in [0, 0.05) is 12.0 Å². The summed E-state index contributed by atoms with van der Waals surface area (Å²) in [5.41, 5.74) is 0.234. The second kappa shape index (κ2) is 7.34. The number of nitrogens with one attached hydrogen (secondary N) is 1. The van der Waals surface area contributed by atoms with E-state index in [4.69, 9.17) is 9.84 Å². The van der Waals surface area contributed by atoms with Gasteiger partial charge >= 0.3 is 5.97 Å². The molecule has 2 N–H and O–H groups in total. The van der Waals surface area contributed by atoms with Gasteiger partial charge in [0.15, 0.2) is 0 Å². The molecule has 0 spiro atoms. The minimum Gasteiger partial charge on any atom is -0.497 e. The summed E-state index contributed by atoms with van der Waals surface area (Å²) in [7, 11) is 1.59. The van der Waals surface area contributed by atoms with Gasteiger partial charge in [0.25, 0.3) is 5.91 Å². The molecule has 0 aliphatic carbocycles. The fraction of sp³-hybridized carbons (Fsp3) is 0.263. The Morgan fingerprint density at radius 2 is 1.80 bits per heavy atom. The Labute approximate surface area is 145 Å². The molecule has 5 nitrogen and oxygen atoms in total. The van der Waals surface area contributed by atoms with Crippen LogP contribution >= 0.6 is 0 Å². The van der Waals surface area contributed by atoms with Crippen LogP contribution in [0.4, 0.5) is 4.39 Å². The zero-order chi connectivity index (χ0) is 18.6.